The van der Waals surface area contributed by atoms with Gasteiger partial charge in [0, 0.05) is 18.5 Å². The summed E-state index contributed by atoms with van der Waals surface area (Å²) in [7, 11) is 0. The molecule has 0 aromatic heterocycles. The molecule has 0 heterocycles. The number of benzene rings is 1. The molecule has 0 unspecified atom stereocenters. The Morgan fingerprint density at radius 2 is 1.39 bits per heavy atom. The monoisotopic (exact) mass is 323 g/mol. The summed E-state index contributed by atoms with van der Waals surface area (Å²) in [5.74, 6) is -1.22. The number of rotatable bonds is 12. The highest BCUT2D eigenvalue weighted by molar-refractivity contribution is 5.94. The largest absolute Gasteiger partial charge is 0.481 e. The molecule has 0 aliphatic carbocycles. The minimum atomic E-state index is -0.715. The topological polar surface area (TPSA) is 66.4 Å². The van der Waals surface area contributed by atoms with Crippen molar-refractivity contribution in [3.63, 3.8) is 0 Å². The Bertz CT molecular complexity index is 474. The maximum absolute atomic E-state index is 12.8. The molecule has 1 aromatic rings. The lowest BCUT2D eigenvalue weighted by molar-refractivity contribution is -0.137. The van der Waals surface area contributed by atoms with Crippen molar-refractivity contribution in [2.24, 2.45) is 0 Å². The lowest BCUT2D eigenvalue weighted by Gasteiger charge is -2.05. The Morgan fingerprint density at radius 1 is 0.870 bits per heavy atom. The number of unbranched alkanes of at least 4 members (excludes halogenated alkanes) is 7. The fourth-order valence-electron chi connectivity index (χ4n) is 2.37. The minimum absolute atomic E-state index is 0.163. The summed E-state index contributed by atoms with van der Waals surface area (Å²) >= 11 is 0. The molecular weight excluding hydrogens is 297 g/mol. The highest BCUT2D eigenvalue weighted by Gasteiger charge is 2.04. The van der Waals surface area contributed by atoms with E-state index in [2.05, 4.69) is 5.32 Å². The van der Waals surface area contributed by atoms with E-state index in [-0.39, 0.29) is 18.1 Å². The highest BCUT2D eigenvalue weighted by atomic mass is 19.1. The van der Waals surface area contributed by atoms with E-state index >= 15 is 0 Å². The van der Waals surface area contributed by atoms with Gasteiger partial charge in [0.15, 0.2) is 0 Å². The van der Waals surface area contributed by atoms with Gasteiger partial charge in [-0.25, -0.2) is 4.39 Å². The maximum Gasteiger partial charge on any atom is 0.303 e. The van der Waals surface area contributed by atoms with E-state index in [0.29, 0.717) is 12.1 Å². The zero-order chi connectivity index (χ0) is 16.9. The van der Waals surface area contributed by atoms with Crippen LogP contribution in [0.3, 0.4) is 0 Å². The molecule has 1 rings (SSSR count). The van der Waals surface area contributed by atoms with E-state index in [4.69, 9.17) is 5.11 Å². The third-order valence-corrected chi connectivity index (χ3v) is 3.71. The lowest BCUT2D eigenvalue weighted by Crippen LogP contribution is -2.24. The number of carboxylic acids is 1. The predicted molar refractivity (Wildman–Crippen MR) is 87.9 cm³/mol. The molecule has 0 bridgehead atoms. The van der Waals surface area contributed by atoms with E-state index < -0.39 is 5.97 Å². The number of hydrogen-bond acceptors (Lipinski definition) is 2. The number of carbonyl (C=O) groups excluding carboxylic acids is 1. The van der Waals surface area contributed by atoms with E-state index in [0.717, 1.165) is 51.4 Å². The number of aliphatic carboxylic acids is 1. The molecule has 1 aromatic carbocycles. The van der Waals surface area contributed by atoms with Crippen molar-refractivity contribution in [1.29, 1.82) is 0 Å². The van der Waals surface area contributed by atoms with Gasteiger partial charge in [-0.05, 0) is 37.1 Å². The van der Waals surface area contributed by atoms with Gasteiger partial charge >= 0.3 is 5.97 Å². The average Bonchev–Trinajstić information content (AvgIpc) is 2.52. The molecule has 0 saturated heterocycles. The van der Waals surface area contributed by atoms with Crippen molar-refractivity contribution in [1.82, 2.24) is 5.32 Å². The molecule has 0 fully saturated rings. The smallest absolute Gasteiger partial charge is 0.303 e. The van der Waals surface area contributed by atoms with Crippen LogP contribution in [0.1, 0.15) is 68.1 Å². The molecule has 0 aliphatic heterocycles. The standard InChI is InChI=1S/C18H26FNO3/c19-16-12-10-15(11-13-16)18(23)20-14-8-6-4-2-1-3-5-7-9-17(21)22/h10-13H,1-9,14H2,(H,20,23)(H,21,22). The van der Waals surface area contributed by atoms with E-state index in [1.807, 2.05) is 0 Å². The molecule has 0 atom stereocenters. The summed E-state index contributed by atoms with van der Waals surface area (Å²) < 4.78 is 12.8. The van der Waals surface area contributed by atoms with Gasteiger partial charge in [-0.1, -0.05) is 38.5 Å². The summed E-state index contributed by atoms with van der Waals surface area (Å²) in [4.78, 5) is 22.1. The summed E-state index contributed by atoms with van der Waals surface area (Å²) in [5.41, 5.74) is 0.479. The number of carboxylic acid groups (broad SMARTS) is 1. The molecule has 0 radical (unpaired) electrons. The molecule has 2 N–H and O–H groups in total. The second-order valence-corrected chi connectivity index (χ2v) is 5.73. The summed E-state index contributed by atoms with van der Waals surface area (Å²) in [5, 5.41) is 11.3. The van der Waals surface area contributed by atoms with Crippen molar-refractivity contribution < 1.29 is 19.1 Å². The van der Waals surface area contributed by atoms with Crippen molar-refractivity contribution >= 4 is 11.9 Å². The van der Waals surface area contributed by atoms with Gasteiger partial charge in [0.25, 0.3) is 5.91 Å². The summed E-state index contributed by atoms with van der Waals surface area (Å²) in [6.45, 7) is 0.634. The van der Waals surface area contributed by atoms with Crippen LogP contribution in [0.25, 0.3) is 0 Å². The van der Waals surface area contributed by atoms with Crippen LogP contribution >= 0.6 is 0 Å². The first-order valence-electron chi connectivity index (χ1n) is 8.35. The average molecular weight is 323 g/mol. The van der Waals surface area contributed by atoms with E-state index in [9.17, 15) is 14.0 Å². The molecule has 23 heavy (non-hydrogen) atoms. The summed E-state index contributed by atoms with van der Waals surface area (Å²) in [6.07, 6.45) is 8.55. The third-order valence-electron chi connectivity index (χ3n) is 3.71. The van der Waals surface area contributed by atoms with Crippen LogP contribution in [0.5, 0.6) is 0 Å². The fraction of sp³-hybridized carbons (Fsp3) is 0.556. The van der Waals surface area contributed by atoms with E-state index in [1.54, 1.807) is 0 Å². The van der Waals surface area contributed by atoms with Crippen molar-refractivity contribution in [3.8, 4) is 0 Å². The predicted octanol–water partition coefficient (Wildman–Crippen LogP) is 4.15. The Morgan fingerprint density at radius 3 is 1.96 bits per heavy atom. The lowest BCUT2D eigenvalue weighted by atomic mass is 10.1. The minimum Gasteiger partial charge on any atom is -0.481 e. The first kappa shape index (κ1) is 19.1. The quantitative estimate of drug-likeness (QED) is 0.568. The van der Waals surface area contributed by atoms with Crippen molar-refractivity contribution in [3.05, 3.63) is 35.6 Å². The third kappa shape index (κ3) is 9.66. The maximum atomic E-state index is 12.8. The first-order chi connectivity index (χ1) is 11.1. The molecule has 5 heteroatoms. The first-order valence-corrected chi connectivity index (χ1v) is 8.35. The van der Waals surface area contributed by atoms with Gasteiger partial charge in [-0.15, -0.1) is 0 Å². The SMILES string of the molecule is O=C(O)CCCCCCCCCCNC(=O)c1ccc(F)cc1. The molecule has 0 aliphatic rings. The van der Waals surface area contributed by atoms with Gasteiger partial charge in [0.2, 0.25) is 0 Å². The molecule has 128 valence electrons. The number of halogens is 1. The second kappa shape index (κ2) is 11.6. The van der Waals surface area contributed by atoms with Crippen LogP contribution in [0.15, 0.2) is 24.3 Å². The van der Waals surface area contributed by atoms with Gasteiger partial charge in [-0.3, -0.25) is 9.59 Å². The van der Waals surface area contributed by atoms with Crippen molar-refractivity contribution in [2.45, 2.75) is 57.8 Å². The molecule has 1 amide bonds. The zero-order valence-electron chi connectivity index (χ0n) is 13.5. The highest BCUT2D eigenvalue weighted by Crippen LogP contribution is 2.09. The fourth-order valence-corrected chi connectivity index (χ4v) is 2.37. The van der Waals surface area contributed by atoms with E-state index in [1.165, 1.54) is 24.3 Å². The molecular formula is C18H26FNO3. The summed E-state index contributed by atoms with van der Waals surface area (Å²) in [6, 6.07) is 5.53. The zero-order valence-corrected chi connectivity index (χ0v) is 13.5. The number of amides is 1. The van der Waals surface area contributed by atoms with Gasteiger partial charge in [0.1, 0.15) is 5.82 Å². The van der Waals surface area contributed by atoms with Crippen LogP contribution in [-0.2, 0) is 4.79 Å². The number of hydrogen-bond donors (Lipinski definition) is 2. The second-order valence-electron chi connectivity index (χ2n) is 5.73. The Kier molecular flexibility index (Phi) is 9.68. The van der Waals surface area contributed by atoms with Gasteiger partial charge in [-0.2, -0.15) is 0 Å². The normalized spacial score (nSPS) is 10.5. The number of carbonyl (C=O) groups is 2. The molecule has 0 saturated carbocycles. The Hall–Kier alpha value is -1.91. The number of nitrogens with one attached hydrogen (secondary N) is 1. The Labute approximate surface area is 137 Å². The van der Waals surface area contributed by atoms with Crippen molar-refractivity contribution in [2.75, 3.05) is 6.54 Å². The van der Waals surface area contributed by atoms with Gasteiger partial charge in [0.05, 0.1) is 0 Å². The van der Waals surface area contributed by atoms with Crippen LogP contribution < -0.4 is 5.32 Å². The van der Waals surface area contributed by atoms with Crippen LogP contribution in [-0.4, -0.2) is 23.5 Å². The Balaban J connectivity index is 1.92. The van der Waals surface area contributed by atoms with Gasteiger partial charge < -0.3 is 10.4 Å². The molecule has 4 nitrogen and oxygen atoms in total. The molecule has 0 spiro atoms. The van der Waals surface area contributed by atoms with Crippen LogP contribution in [0, 0.1) is 5.82 Å². The van der Waals surface area contributed by atoms with Crippen LogP contribution in [0.2, 0.25) is 0 Å². The van der Waals surface area contributed by atoms with Crippen LogP contribution in [0.4, 0.5) is 4.39 Å².